The van der Waals surface area contributed by atoms with Crippen LogP contribution in [-0.2, 0) is 11.3 Å². The van der Waals surface area contributed by atoms with E-state index in [1.807, 2.05) is 12.1 Å². The molecule has 23 heavy (non-hydrogen) atoms. The van der Waals surface area contributed by atoms with Crippen molar-refractivity contribution in [3.8, 4) is 5.88 Å². The van der Waals surface area contributed by atoms with Gasteiger partial charge < -0.3 is 9.47 Å². The number of piperidine rings is 1. The zero-order valence-electron chi connectivity index (χ0n) is 14.0. The summed E-state index contributed by atoms with van der Waals surface area (Å²) in [7, 11) is 1.68. The van der Waals surface area contributed by atoms with Crippen molar-refractivity contribution in [3.63, 3.8) is 0 Å². The molecule has 2 fully saturated rings. The van der Waals surface area contributed by atoms with Gasteiger partial charge in [-0.15, -0.1) is 6.58 Å². The fraction of sp³-hybridized carbons (Fsp3) is 0.611. The number of hydrogen-bond donors (Lipinski definition) is 0. The average Bonchev–Trinajstić information content (AvgIpc) is 2.77. The number of hydrogen-bond acceptors (Lipinski definition) is 5. The molecule has 2 saturated heterocycles. The van der Waals surface area contributed by atoms with Crippen LogP contribution in [0.25, 0.3) is 0 Å². The summed E-state index contributed by atoms with van der Waals surface area (Å²) in [5.41, 5.74) is 1.15. The van der Waals surface area contributed by atoms with Crippen LogP contribution in [-0.4, -0.2) is 67.3 Å². The molecule has 2 aliphatic heterocycles. The second kappa shape index (κ2) is 7.90. The van der Waals surface area contributed by atoms with Crippen molar-refractivity contribution in [2.24, 2.45) is 5.92 Å². The molecular weight excluding hydrogens is 290 g/mol. The normalized spacial score (nSPS) is 26.3. The number of fused-ring (bicyclic) bond motifs is 1. The maximum atomic E-state index is 6.14. The third-order valence-electron chi connectivity index (χ3n) is 4.84. The minimum absolute atomic E-state index is 0.334. The predicted octanol–water partition coefficient (Wildman–Crippen LogP) is 1.80. The highest BCUT2D eigenvalue weighted by atomic mass is 16.5. The van der Waals surface area contributed by atoms with E-state index in [1.165, 1.54) is 6.42 Å². The Hall–Kier alpha value is -1.43. The van der Waals surface area contributed by atoms with Crippen LogP contribution < -0.4 is 4.74 Å². The fourth-order valence-electron chi connectivity index (χ4n) is 3.64. The lowest BCUT2D eigenvalue weighted by Gasteiger charge is -2.38. The van der Waals surface area contributed by atoms with Crippen molar-refractivity contribution in [1.29, 1.82) is 0 Å². The first-order valence-electron chi connectivity index (χ1n) is 8.45. The molecule has 0 aliphatic carbocycles. The Morgan fingerprint density at radius 1 is 1.39 bits per heavy atom. The minimum atomic E-state index is 0.334. The van der Waals surface area contributed by atoms with E-state index < -0.39 is 0 Å². The van der Waals surface area contributed by atoms with E-state index in [4.69, 9.17) is 9.47 Å². The summed E-state index contributed by atoms with van der Waals surface area (Å²) >= 11 is 0. The van der Waals surface area contributed by atoms with E-state index in [2.05, 4.69) is 27.4 Å². The molecule has 0 aromatic carbocycles. The molecule has 0 spiro atoms. The molecular formula is C18H27N3O2. The summed E-state index contributed by atoms with van der Waals surface area (Å²) < 4.78 is 11.5. The van der Waals surface area contributed by atoms with Gasteiger partial charge in [0.05, 0.1) is 19.8 Å². The topological polar surface area (TPSA) is 37.8 Å². The maximum Gasteiger partial charge on any atom is 0.217 e. The smallest absolute Gasteiger partial charge is 0.217 e. The number of ether oxygens (including phenoxy) is 2. The molecule has 5 heteroatoms. The van der Waals surface area contributed by atoms with Gasteiger partial charge in [0.2, 0.25) is 5.88 Å². The van der Waals surface area contributed by atoms with Gasteiger partial charge in [-0.25, -0.2) is 4.98 Å². The lowest BCUT2D eigenvalue weighted by atomic mass is 9.93. The molecule has 0 radical (unpaired) electrons. The third-order valence-corrected chi connectivity index (χ3v) is 4.84. The van der Waals surface area contributed by atoms with Crippen molar-refractivity contribution in [3.05, 3.63) is 36.5 Å². The van der Waals surface area contributed by atoms with Crippen molar-refractivity contribution in [1.82, 2.24) is 14.8 Å². The van der Waals surface area contributed by atoms with Gasteiger partial charge >= 0.3 is 0 Å². The monoisotopic (exact) mass is 317 g/mol. The Kier molecular flexibility index (Phi) is 5.65. The van der Waals surface area contributed by atoms with Gasteiger partial charge in [-0.05, 0) is 19.0 Å². The van der Waals surface area contributed by atoms with Crippen LogP contribution >= 0.6 is 0 Å². The first-order chi connectivity index (χ1) is 11.3. The molecule has 3 rings (SSSR count). The summed E-state index contributed by atoms with van der Waals surface area (Å²) in [5.74, 6) is 1.36. The van der Waals surface area contributed by atoms with E-state index in [0.29, 0.717) is 12.0 Å². The van der Waals surface area contributed by atoms with Gasteiger partial charge in [-0.1, -0.05) is 12.1 Å². The summed E-state index contributed by atoms with van der Waals surface area (Å²) in [6.07, 6.45) is 5.28. The van der Waals surface area contributed by atoms with Gasteiger partial charge in [0.25, 0.3) is 0 Å². The van der Waals surface area contributed by atoms with E-state index >= 15 is 0 Å². The van der Waals surface area contributed by atoms with Crippen LogP contribution in [0.15, 0.2) is 31.0 Å². The van der Waals surface area contributed by atoms with Crippen LogP contribution in [0.1, 0.15) is 12.0 Å². The van der Waals surface area contributed by atoms with E-state index in [1.54, 1.807) is 13.3 Å². The summed E-state index contributed by atoms with van der Waals surface area (Å²) in [5, 5.41) is 0. The van der Waals surface area contributed by atoms with E-state index in [9.17, 15) is 0 Å². The summed E-state index contributed by atoms with van der Waals surface area (Å²) in [6.45, 7) is 10.7. The predicted molar refractivity (Wildman–Crippen MR) is 90.6 cm³/mol. The fourth-order valence-corrected chi connectivity index (χ4v) is 3.64. The number of nitrogens with zero attached hydrogens (tertiary/aromatic N) is 3. The average molecular weight is 317 g/mol. The highest BCUT2D eigenvalue weighted by Gasteiger charge is 2.33. The van der Waals surface area contributed by atoms with Crippen LogP contribution in [0.4, 0.5) is 0 Å². The number of pyridine rings is 1. The number of rotatable bonds is 5. The van der Waals surface area contributed by atoms with Gasteiger partial charge in [-0.3, -0.25) is 9.80 Å². The largest absolute Gasteiger partial charge is 0.481 e. The SMILES string of the molecule is C=CCN1CCO[C@H]2CN(Cc3cccnc3OC)CC[C@H]2C1. The number of likely N-dealkylation sites (tertiary alicyclic amines) is 1. The molecule has 126 valence electrons. The maximum absolute atomic E-state index is 6.14. The lowest BCUT2D eigenvalue weighted by Crippen LogP contribution is -2.46. The minimum Gasteiger partial charge on any atom is -0.481 e. The molecule has 3 heterocycles. The molecule has 0 N–H and O–H groups in total. The molecule has 1 aromatic heterocycles. The second-order valence-electron chi connectivity index (χ2n) is 6.41. The molecule has 0 saturated carbocycles. The second-order valence-corrected chi connectivity index (χ2v) is 6.41. The standard InChI is InChI=1S/C18H27N3O2/c1-3-8-20-10-11-23-17-14-21(9-6-15(17)12-20)13-16-5-4-7-19-18(16)22-2/h3-5,7,15,17H,1,6,8-14H2,2H3/t15-,17-/m0/s1. The first kappa shape index (κ1) is 16.4. The lowest BCUT2D eigenvalue weighted by molar-refractivity contribution is -0.0243. The highest BCUT2D eigenvalue weighted by Crippen LogP contribution is 2.26. The van der Waals surface area contributed by atoms with Crippen LogP contribution in [0, 0.1) is 5.92 Å². The zero-order chi connectivity index (χ0) is 16.1. The summed E-state index contributed by atoms with van der Waals surface area (Å²) in [4.78, 5) is 9.21. The van der Waals surface area contributed by atoms with E-state index in [0.717, 1.165) is 57.3 Å². The third kappa shape index (κ3) is 4.10. The molecule has 0 amide bonds. The Bertz CT molecular complexity index is 523. The molecule has 0 bridgehead atoms. The quantitative estimate of drug-likeness (QED) is 0.774. The molecule has 1 aromatic rings. The molecule has 0 unspecified atom stereocenters. The van der Waals surface area contributed by atoms with Gasteiger partial charge in [0, 0.05) is 50.4 Å². The Morgan fingerprint density at radius 2 is 2.30 bits per heavy atom. The Labute approximate surface area is 138 Å². The van der Waals surface area contributed by atoms with E-state index in [-0.39, 0.29) is 0 Å². The Balaban J connectivity index is 1.60. The number of aromatic nitrogens is 1. The zero-order valence-corrected chi connectivity index (χ0v) is 14.0. The van der Waals surface area contributed by atoms with Gasteiger partial charge in [0.1, 0.15) is 0 Å². The highest BCUT2D eigenvalue weighted by molar-refractivity contribution is 5.25. The summed E-state index contributed by atoms with van der Waals surface area (Å²) in [6, 6.07) is 4.07. The van der Waals surface area contributed by atoms with Gasteiger partial charge in [0.15, 0.2) is 0 Å². The van der Waals surface area contributed by atoms with Crippen molar-refractivity contribution in [2.45, 2.75) is 19.1 Å². The van der Waals surface area contributed by atoms with Crippen LogP contribution in [0.5, 0.6) is 5.88 Å². The number of methoxy groups -OCH3 is 1. The molecule has 2 aliphatic rings. The van der Waals surface area contributed by atoms with Crippen molar-refractivity contribution < 1.29 is 9.47 Å². The van der Waals surface area contributed by atoms with Crippen LogP contribution in [0.2, 0.25) is 0 Å². The first-order valence-corrected chi connectivity index (χ1v) is 8.45. The van der Waals surface area contributed by atoms with Crippen molar-refractivity contribution >= 4 is 0 Å². The van der Waals surface area contributed by atoms with Gasteiger partial charge in [-0.2, -0.15) is 0 Å². The van der Waals surface area contributed by atoms with Crippen molar-refractivity contribution in [2.75, 3.05) is 46.4 Å². The molecule has 5 nitrogen and oxygen atoms in total. The Morgan fingerprint density at radius 3 is 3.13 bits per heavy atom. The molecule has 2 atom stereocenters. The van der Waals surface area contributed by atoms with Crippen LogP contribution in [0.3, 0.4) is 0 Å².